The van der Waals surface area contributed by atoms with Crippen LogP contribution in [0.2, 0.25) is 0 Å². The van der Waals surface area contributed by atoms with Crippen molar-refractivity contribution in [2.45, 2.75) is 12.8 Å². The van der Waals surface area contributed by atoms with E-state index in [4.69, 9.17) is 0 Å². The van der Waals surface area contributed by atoms with Crippen LogP contribution in [0.5, 0.6) is 0 Å². The van der Waals surface area contributed by atoms with Gasteiger partial charge in [0.2, 0.25) is 0 Å². The van der Waals surface area contributed by atoms with Crippen LogP contribution in [-0.4, -0.2) is 12.8 Å². The molecule has 74 valence electrons. The van der Waals surface area contributed by atoms with E-state index in [0.717, 1.165) is 46.0 Å². The van der Waals surface area contributed by atoms with Gasteiger partial charge < -0.3 is 0 Å². The maximum atomic E-state index is 12.1. The van der Waals surface area contributed by atoms with Gasteiger partial charge in [-0.15, -0.1) is 0 Å². The number of phosphoric acid groups is 1. The predicted molar refractivity (Wildman–Crippen MR) is 49.8 cm³/mol. The second kappa shape index (κ2) is 5.96. The minimum absolute atomic E-state index is 1.09. The molecule has 0 aliphatic heterocycles. The van der Waals surface area contributed by atoms with Crippen molar-refractivity contribution in [3.63, 3.8) is 0 Å². The van der Waals surface area contributed by atoms with Crippen LogP contribution in [0.15, 0.2) is 0 Å². The van der Waals surface area contributed by atoms with Crippen LogP contribution >= 0.6 is 53.8 Å². The second-order valence-electron chi connectivity index (χ2n) is 1.38. The first-order chi connectivity index (χ1) is 5.45. The molecule has 1 atom stereocenters. The maximum absolute atomic E-state index is 12.1. The molecule has 0 N–H and O–H groups in total. The maximum Gasteiger partial charge on any atom is 0.496 e. The monoisotopic (exact) mass is 432 g/mol. The van der Waals surface area contributed by atoms with Gasteiger partial charge in [-0.1, -0.05) is 0 Å². The van der Waals surface area contributed by atoms with E-state index < -0.39 is 20.6 Å². The minimum Gasteiger partial charge on any atom is -0.244 e. The topological polar surface area (TPSA) is 44.8 Å². The minimum atomic E-state index is -4.17. The van der Waals surface area contributed by atoms with Crippen molar-refractivity contribution in [1.29, 1.82) is 0 Å². The molecule has 0 aliphatic rings. The van der Waals surface area contributed by atoms with E-state index in [1.807, 2.05) is 0 Å². The van der Waals surface area contributed by atoms with Gasteiger partial charge in [0.15, 0.2) is 0 Å². The molecule has 1 unspecified atom stereocenters. The highest BCUT2D eigenvalue weighted by Gasteiger charge is 2.34. The molecular formula is C2H2F3I2O4P. The standard InChI is InChI=1S/C2H2F3I2O4P/c3-1(4)2(5)9-12(8,10-6)11-7/h1-2H. The van der Waals surface area contributed by atoms with E-state index in [9.17, 15) is 17.7 Å². The molecule has 0 radical (unpaired) electrons. The molecule has 0 amide bonds. The number of hydrogen-bond donors (Lipinski definition) is 0. The summed E-state index contributed by atoms with van der Waals surface area (Å²) >= 11 is 2.19. The highest BCUT2D eigenvalue weighted by Crippen LogP contribution is 2.55. The Labute approximate surface area is 94.1 Å². The van der Waals surface area contributed by atoms with Gasteiger partial charge >= 0.3 is 7.82 Å². The Kier molecular flexibility index (Phi) is 6.63. The van der Waals surface area contributed by atoms with Gasteiger partial charge in [-0.05, 0) is 0 Å². The third-order valence-corrected chi connectivity index (χ3v) is 4.29. The van der Waals surface area contributed by atoms with Crippen LogP contribution in [0.1, 0.15) is 0 Å². The Bertz CT molecular complexity index is 172. The summed E-state index contributed by atoms with van der Waals surface area (Å²) in [7, 11) is -4.17. The first kappa shape index (κ1) is 13.4. The van der Waals surface area contributed by atoms with Crippen molar-refractivity contribution in [2.24, 2.45) is 0 Å². The van der Waals surface area contributed by atoms with Gasteiger partial charge in [-0.3, -0.25) is 0 Å². The summed E-state index contributed by atoms with van der Waals surface area (Å²) in [5, 5.41) is 0. The molecule has 0 saturated carbocycles. The molecule has 0 bridgehead atoms. The fraction of sp³-hybridized carbons (Fsp3) is 1.00. The fourth-order valence-corrected chi connectivity index (χ4v) is 2.60. The SMILES string of the molecule is O=P(OI)(OI)OC(F)C(F)F. The van der Waals surface area contributed by atoms with E-state index >= 15 is 0 Å². The Morgan fingerprint density at radius 3 is 1.83 bits per heavy atom. The van der Waals surface area contributed by atoms with E-state index in [2.05, 4.69) is 10.2 Å². The van der Waals surface area contributed by atoms with Gasteiger partial charge in [0.05, 0.1) is 0 Å². The lowest BCUT2D eigenvalue weighted by molar-refractivity contribution is -0.0745. The summed E-state index contributed by atoms with van der Waals surface area (Å²) in [5.74, 6) is 0. The Morgan fingerprint density at radius 1 is 1.17 bits per heavy atom. The predicted octanol–water partition coefficient (Wildman–Crippen LogP) is 3.41. The van der Waals surface area contributed by atoms with E-state index in [0.29, 0.717) is 0 Å². The zero-order valence-electron chi connectivity index (χ0n) is 5.12. The average molecular weight is 432 g/mol. The highest BCUT2D eigenvalue weighted by atomic mass is 127. The van der Waals surface area contributed by atoms with Gasteiger partial charge in [0.25, 0.3) is 12.8 Å². The zero-order valence-corrected chi connectivity index (χ0v) is 10.3. The third-order valence-electron chi connectivity index (χ3n) is 0.597. The molecule has 0 aromatic rings. The normalized spacial score (nSPS) is 15.2. The molecule has 0 aromatic heterocycles. The van der Waals surface area contributed by atoms with E-state index in [1.165, 1.54) is 0 Å². The largest absolute Gasteiger partial charge is 0.496 e. The van der Waals surface area contributed by atoms with E-state index in [1.54, 1.807) is 0 Å². The lowest BCUT2D eigenvalue weighted by Crippen LogP contribution is -2.14. The van der Waals surface area contributed by atoms with Gasteiger partial charge in [-0.25, -0.2) is 28.0 Å². The molecule has 0 fully saturated rings. The van der Waals surface area contributed by atoms with Crippen molar-refractivity contribution < 1.29 is 28.0 Å². The Hall–Kier alpha value is 1.36. The highest BCUT2D eigenvalue weighted by molar-refractivity contribution is 14.1. The summed E-state index contributed by atoms with van der Waals surface area (Å²) in [6, 6.07) is 0. The van der Waals surface area contributed by atoms with Crippen molar-refractivity contribution in [1.82, 2.24) is 0 Å². The number of hydrogen-bond acceptors (Lipinski definition) is 4. The Balaban J connectivity index is 4.12. The summed E-state index contributed by atoms with van der Waals surface area (Å²) in [6.07, 6.45) is -6.38. The van der Waals surface area contributed by atoms with Crippen molar-refractivity contribution in [3.05, 3.63) is 0 Å². The third kappa shape index (κ3) is 4.56. The molecule has 0 spiro atoms. The lowest BCUT2D eigenvalue weighted by atomic mass is 10.7. The number of alkyl halides is 3. The van der Waals surface area contributed by atoms with Gasteiger partial charge in [0.1, 0.15) is 46.0 Å². The molecule has 12 heavy (non-hydrogen) atoms. The van der Waals surface area contributed by atoms with Gasteiger partial charge in [-0.2, -0.15) is 0 Å². The number of halogens is 5. The summed E-state index contributed by atoms with van der Waals surface area (Å²) in [6.45, 7) is 0. The quantitative estimate of drug-likeness (QED) is 0.494. The molecule has 0 saturated heterocycles. The first-order valence-corrected chi connectivity index (χ1v) is 5.48. The summed E-state index contributed by atoms with van der Waals surface area (Å²) in [4.78, 5) is 0. The molecular weight excluding hydrogens is 430 g/mol. The van der Waals surface area contributed by atoms with Crippen LogP contribution in [0.3, 0.4) is 0 Å². The fourth-order valence-electron chi connectivity index (χ4n) is 0.213. The summed E-state index contributed by atoms with van der Waals surface area (Å²) in [5.41, 5.74) is 0. The molecule has 4 nitrogen and oxygen atoms in total. The summed E-state index contributed by atoms with van der Waals surface area (Å²) < 4.78 is 57.6. The van der Waals surface area contributed by atoms with E-state index in [-0.39, 0.29) is 0 Å². The van der Waals surface area contributed by atoms with Crippen LogP contribution in [0.25, 0.3) is 0 Å². The van der Waals surface area contributed by atoms with Crippen LogP contribution in [0.4, 0.5) is 13.2 Å². The first-order valence-electron chi connectivity index (χ1n) is 2.26. The smallest absolute Gasteiger partial charge is 0.244 e. The van der Waals surface area contributed by atoms with Crippen LogP contribution < -0.4 is 0 Å². The Morgan fingerprint density at radius 2 is 1.58 bits per heavy atom. The van der Waals surface area contributed by atoms with Crippen molar-refractivity contribution in [3.8, 4) is 0 Å². The van der Waals surface area contributed by atoms with Crippen molar-refractivity contribution >= 4 is 53.8 Å². The lowest BCUT2D eigenvalue weighted by Gasteiger charge is -2.12. The van der Waals surface area contributed by atoms with Crippen molar-refractivity contribution in [2.75, 3.05) is 0 Å². The average Bonchev–Trinajstić information content (AvgIpc) is 2.04. The molecule has 0 aliphatic carbocycles. The van der Waals surface area contributed by atoms with Crippen LogP contribution in [-0.2, 0) is 14.8 Å². The second-order valence-corrected chi connectivity index (χ2v) is 5.12. The molecule has 0 aromatic carbocycles. The number of rotatable bonds is 5. The molecule has 0 heterocycles. The zero-order chi connectivity index (χ0) is 9.78. The molecule has 0 rings (SSSR count). The van der Waals surface area contributed by atoms with Crippen LogP contribution in [0, 0.1) is 0 Å². The van der Waals surface area contributed by atoms with Gasteiger partial charge in [0, 0.05) is 0 Å². The molecule has 10 heteroatoms.